The average molecular weight is 437 g/mol. The molecule has 0 saturated heterocycles. The number of oxazole rings is 1. The van der Waals surface area contributed by atoms with Gasteiger partial charge in [-0.3, -0.25) is 4.79 Å². The molecule has 1 heterocycles. The number of halogens is 2. The first-order valence-corrected chi connectivity index (χ1v) is 9.97. The molecule has 0 radical (unpaired) electrons. The molecule has 0 saturated carbocycles. The summed E-state index contributed by atoms with van der Waals surface area (Å²) in [5, 5.41) is 3.31. The normalized spacial score (nSPS) is 10.6. The fourth-order valence-corrected chi connectivity index (χ4v) is 3.08. The van der Waals surface area contributed by atoms with Crippen molar-refractivity contribution in [2.24, 2.45) is 0 Å². The van der Waals surface area contributed by atoms with Crippen LogP contribution < -0.4 is 10.1 Å². The van der Waals surface area contributed by atoms with Crippen molar-refractivity contribution in [3.8, 4) is 22.8 Å². The van der Waals surface area contributed by atoms with Crippen LogP contribution in [-0.4, -0.2) is 10.9 Å². The zero-order chi connectivity index (χ0) is 21.6. The third-order valence-electron chi connectivity index (χ3n) is 4.43. The van der Waals surface area contributed by atoms with Crippen LogP contribution in [0.3, 0.4) is 0 Å². The number of ether oxygens (including phenoxy) is 1. The van der Waals surface area contributed by atoms with Crippen LogP contribution in [0.15, 0.2) is 83.4 Å². The molecule has 4 aromatic rings. The molecular weight excluding hydrogens is 419 g/mol. The van der Waals surface area contributed by atoms with Gasteiger partial charge in [-0.05, 0) is 54.6 Å². The molecule has 5 nitrogen and oxygen atoms in total. The molecule has 1 amide bonds. The highest BCUT2D eigenvalue weighted by atomic mass is 35.5. The maximum absolute atomic E-state index is 13.1. The molecule has 0 aliphatic rings. The molecule has 1 N–H and O–H groups in total. The van der Waals surface area contributed by atoms with Crippen LogP contribution in [0.2, 0.25) is 5.02 Å². The summed E-state index contributed by atoms with van der Waals surface area (Å²) in [4.78, 5) is 16.7. The number of carbonyl (C=O) groups excluding carboxylic acids is 1. The second kappa shape index (κ2) is 9.45. The highest BCUT2D eigenvalue weighted by Crippen LogP contribution is 2.32. The first-order valence-electron chi connectivity index (χ1n) is 9.60. The van der Waals surface area contributed by atoms with Crippen LogP contribution in [-0.2, 0) is 11.2 Å². The van der Waals surface area contributed by atoms with Gasteiger partial charge in [-0.1, -0.05) is 29.8 Å². The second-order valence-electron chi connectivity index (χ2n) is 6.73. The lowest BCUT2D eigenvalue weighted by Gasteiger charge is -2.12. The summed E-state index contributed by atoms with van der Waals surface area (Å²) in [6.07, 6.45) is 2.02. The lowest BCUT2D eigenvalue weighted by atomic mass is 10.2. The number of carbonyl (C=O) groups is 1. The minimum Gasteiger partial charge on any atom is -0.455 e. The van der Waals surface area contributed by atoms with Gasteiger partial charge in [0.2, 0.25) is 5.91 Å². The van der Waals surface area contributed by atoms with E-state index in [-0.39, 0.29) is 18.1 Å². The van der Waals surface area contributed by atoms with Crippen LogP contribution in [0.25, 0.3) is 11.3 Å². The molecule has 31 heavy (non-hydrogen) atoms. The molecule has 0 spiro atoms. The Morgan fingerprint density at radius 3 is 2.61 bits per heavy atom. The van der Waals surface area contributed by atoms with Gasteiger partial charge in [-0.15, -0.1) is 0 Å². The maximum atomic E-state index is 13.1. The van der Waals surface area contributed by atoms with Gasteiger partial charge in [0.15, 0.2) is 17.4 Å². The van der Waals surface area contributed by atoms with Crippen molar-refractivity contribution in [2.45, 2.75) is 12.8 Å². The van der Waals surface area contributed by atoms with Crippen molar-refractivity contribution < 1.29 is 18.3 Å². The van der Waals surface area contributed by atoms with Gasteiger partial charge in [0.1, 0.15) is 11.6 Å². The number of para-hydroxylation sites is 1. The third kappa shape index (κ3) is 5.49. The van der Waals surface area contributed by atoms with Crippen molar-refractivity contribution in [1.82, 2.24) is 4.98 Å². The van der Waals surface area contributed by atoms with Gasteiger partial charge in [0, 0.05) is 23.4 Å². The van der Waals surface area contributed by atoms with Gasteiger partial charge in [-0.2, -0.15) is 0 Å². The van der Waals surface area contributed by atoms with E-state index in [1.807, 2.05) is 30.3 Å². The molecule has 4 rings (SSSR count). The number of rotatable bonds is 7. The lowest BCUT2D eigenvalue weighted by Crippen LogP contribution is -2.13. The highest BCUT2D eigenvalue weighted by molar-refractivity contribution is 6.31. The Bertz CT molecular complexity index is 1180. The third-order valence-corrected chi connectivity index (χ3v) is 4.67. The van der Waals surface area contributed by atoms with Crippen LogP contribution in [0.1, 0.15) is 12.3 Å². The summed E-state index contributed by atoms with van der Waals surface area (Å²) in [5.41, 5.74) is 1.19. The van der Waals surface area contributed by atoms with E-state index in [9.17, 15) is 9.18 Å². The summed E-state index contributed by atoms with van der Waals surface area (Å²) in [5.74, 6) is 1.51. The van der Waals surface area contributed by atoms with E-state index in [0.717, 1.165) is 0 Å². The van der Waals surface area contributed by atoms with Crippen molar-refractivity contribution in [1.29, 1.82) is 0 Å². The first-order chi connectivity index (χ1) is 15.1. The number of nitrogens with zero attached hydrogens (tertiary/aromatic N) is 1. The van der Waals surface area contributed by atoms with Crippen LogP contribution >= 0.6 is 11.6 Å². The topological polar surface area (TPSA) is 64.4 Å². The van der Waals surface area contributed by atoms with Gasteiger partial charge >= 0.3 is 0 Å². The average Bonchev–Trinajstić information content (AvgIpc) is 3.25. The van der Waals surface area contributed by atoms with Gasteiger partial charge < -0.3 is 14.5 Å². The Morgan fingerprint density at radius 1 is 1.06 bits per heavy atom. The molecule has 0 aliphatic heterocycles. The molecule has 0 aliphatic carbocycles. The summed E-state index contributed by atoms with van der Waals surface area (Å²) < 4.78 is 24.6. The van der Waals surface area contributed by atoms with E-state index in [1.54, 1.807) is 36.5 Å². The van der Waals surface area contributed by atoms with Gasteiger partial charge in [0.25, 0.3) is 0 Å². The number of anilines is 1. The quantitative estimate of drug-likeness (QED) is 0.359. The Kier molecular flexibility index (Phi) is 6.29. The van der Waals surface area contributed by atoms with E-state index in [1.165, 1.54) is 12.1 Å². The van der Waals surface area contributed by atoms with E-state index in [2.05, 4.69) is 10.3 Å². The number of nitrogens with one attached hydrogen (secondary N) is 1. The summed E-state index contributed by atoms with van der Waals surface area (Å²) in [6, 6.07) is 20.2. The van der Waals surface area contributed by atoms with Gasteiger partial charge in [0.05, 0.1) is 11.9 Å². The summed E-state index contributed by atoms with van der Waals surface area (Å²) >= 11 is 6.09. The van der Waals surface area contributed by atoms with Crippen molar-refractivity contribution in [2.75, 3.05) is 5.32 Å². The largest absolute Gasteiger partial charge is 0.455 e. The minimum absolute atomic E-state index is 0.153. The van der Waals surface area contributed by atoms with Crippen LogP contribution in [0, 0.1) is 5.82 Å². The molecule has 0 unspecified atom stereocenters. The van der Waals surface area contributed by atoms with Crippen molar-refractivity contribution >= 4 is 23.2 Å². The number of aryl methyl sites for hydroxylation is 1. The van der Waals surface area contributed by atoms with Crippen molar-refractivity contribution in [3.05, 3.63) is 95.7 Å². The number of amides is 1. The minimum atomic E-state index is -0.322. The Morgan fingerprint density at radius 2 is 1.84 bits per heavy atom. The van der Waals surface area contributed by atoms with E-state index in [0.29, 0.717) is 45.8 Å². The standard InChI is InChI=1S/C24H18ClFN2O3/c25-17-8-11-21(30-19-4-2-1-3-5-19)20(14-17)28-23(29)12-13-24-27-15-22(31-24)16-6-9-18(26)10-7-16/h1-11,14-15H,12-13H2,(H,28,29). The molecular formula is C24H18ClFN2O3. The number of hydrogen-bond acceptors (Lipinski definition) is 4. The zero-order valence-electron chi connectivity index (χ0n) is 16.3. The maximum Gasteiger partial charge on any atom is 0.224 e. The van der Waals surface area contributed by atoms with E-state index < -0.39 is 0 Å². The molecule has 1 aromatic heterocycles. The highest BCUT2D eigenvalue weighted by Gasteiger charge is 2.13. The molecule has 7 heteroatoms. The predicted molar refractivity (Wildman–Crippen MR) is 117 cm³/mol. The van der Waals surface area contributed by atoms with Crippen LogP contribution in [0.4, 0.5) is 10.1 Å². The second-order valence-corrected chi connectivity index (χ2v) is 7.17. The zero-order valence-corrected chi connectivity index (χ0v) is 17.1. The van der Waals surface area contributed by atoms with E-state index >= 15 is 0 Å². The molecule has 0 bridgehead atoms. The first kappa shape index (κ1) is 20.6. The van der Waals surface area contributed by atoms with Crippen LogP contribution in [0.5, 0.6) is 11.5 Å². The Labute approximate surface area is 183 Å². The lowest BCUT2D eigenvalue weighted by molar-refractivity contribution is -0.116. The monoisotopic (exact) mass is 436 g/mol. The smallest absolute Gasteiger partial charge is 0.224 e. The Balaban J connectivity index is 1.39. The molecule has 0 atom stereocenters. The number of benzene rings is 3. The fraction of sp³-hybridized carbons (Fsp3) is 0.0833. The molecule has 0 fully saturated rings. The predicted octanol–water partition coefficient (Wildman–Crippen LogP) is 6.50. The number of aromatic nitrogens is 1. The Hall–Kier alpha value is -3.64. The summed E-state index contributed by atoms with van der Waals surface area (Å²) in [6.45, 7) is 0. The molecule has 156 valence electrons. The van der Waals surface area contributed by atoms with Gasteiger partial charge in [-0.25, -0.2) is 9.37 Å². The molecule has 3 aromatic carbocycles. The van der Waals surface area contributed by atoms with Crippen molar-refractivity contribution in [3.63, 3.8) is 0 Å². The summed E-state index contributed by atoms with van der Waals surface area (Å²) in [7, 11) is 0. The van der Waals surface area contributed by atoms with E-state index in [4.69, 9.17) is 20.8 Å². The fourth-order valence-electron chi connectivity index (χ4n) is 2.91. The SMILES string of the molecule is O=C(CCc1ncc(-c2ccc(F)cc2)o1)Nc1cc(Cl)ccc1Oc1ccccc1. The number of hydrogen-bond donors (Lipinski definition) is 1.